The molecule has 0 aliphatic carbocycles. The molecule has 9 heteroatoms. The highest BCUT2D eigenvalue weighted by molar-refractivity contribution is 6.53. The molecule has 0 atom stereocenters. The minimum Gasteiger partial charge on any atom is -0.350 e. The summed E-state index contributed by atoms with van der Waals surface area (Å²) in [6.45, 7) is 2.00. The Hall–Kier alpha value is -3.68. The molecule has 3 amide bonds. The lowest BCUT2D eigenvalue weighted by molar-refractivity contribution is -0.120. The number of nitrogens with one attached hydrogen (secondary N) is 2. The van der Waals surface area contributed by atoms with Gasteiger partial charge < -0.3 is 10.6 Å². The molecule has 34 heavy (non-hydrogen) atoms. The zero-order valence-electron chi connectivity index (χ0n) is 17.9. The number of anilines is 3. The topological polar surface area (TPSA) is 78.5 Å². The van der Waals surface area contributed by atoms with E-state index in [0.29, 0.717) is 17.1 Å². The van der Waals surface area contributed by atoms with Gasteiger partial charge in [0.2, 0.25) is 0 Å². The lowest BCUT2D eigenvalue weighted by Gasteiger charge is -2.15. The summed E-state index contributed by atoms with van der Waals surface area (Å²) in [6, 6.07) is 17.2. The molecule has 4 rings (SSSR count). The fraction of sp³-hybridized carbons (Fsp3) is 0.0800. The number of hydrogen-bond donors (Lipinski definition) is 2. The van der Waals surface area contributed by atoms with Gasteiger partial charge in [-0.05, 0) is 60.5 Å². The molecule has 2 N–H and O–H groups in total. The number of rotatable bonds is 6. The average molecular weight is 498 g/mol. The zero-order valence-corrected chi connectivity index (χ0v) is 19.4. The molecule has 0 radical (unpaired) electrons. The van der Waals surface area contributed by atoms with Gasteiger partial charge >= 0.3 is 0 Å². The Kier molecular flexibility index (Phi) is 6.68. The molecule has 3 aromatic carbocycles. The number of nitrogens with zero attached hydrogens (tertiary/aromatic N) is 1. The number of halogens is 3. The maximum atomic E-state index is 13.3. The van der Waals surface area contributed by atoms with Gasteiger partial charge in [-0.1, -0.05) is 48.3 Å². The fourth-order valence-electron chi connectivity index (χ4n) is 3.39. The van der Waals surface area contributed by atoms with Crippen molar-refractivity contribution in [3.05, 3.63) is 99.4 Å². The summed E-state index contributed by atoms with van der Waals surface area (Å²) >= 11 is 12.0. The van der Waals surface area contributed by atoms with Crippen molar-refractivity contribution in [1.82, 2.24) is 0 Å². The highest BCUT2D eigenvalue weighted by Gasteiger charge is 2.39. The monoisotopic (exact) mass is 497 g/mol. The molecule has 1 aliphatic rings. The van der Waals surface area contributed by atoms with E-state index in [4.69, 9.17) is 23.2 Å². The summed E-state index contributed by atoms with van der Waals surface area (Å²) in [5.74, 6) is -2.31. The van der Waals surface area contributed by atoms with E-state index >= 15 is 0 Å². The molecule has 0 saturated carbocycles. The van der Waals surface area contributed by atoms with Crippen LogP contribution in [0.4, 0.5) is 21.5 Å². The minimum absolute atomic E-state index is 0.0888. The van der Waals surface area contributed by atoms with E-state index in [1.54, 1.807) is 30.3 Å². The molecule has 6 nitrogen and oxygen atoms in total. The van der Waals surface area contributed by atoms with E-state index in [1.165, 1.54) is 18.2 Å². The molecule has 3 aromatic rings. The smallest absolute Gasteiger partial charge is 0.283 e. The van der Waals surface area contributed by atoms with Gasteiger partial charge in [-0.25, -0.2) is 9.29 Å². The van der Waals surface area contributed by atoms with Crippen molar-refractivity contribution < 1.29 is 18.8 Å². The van der Waals surface area contributed by atoms with Crippen LogP contribution in [0.1, 0.15) is 22.8 Å². The van der Waals surface area contributed by atoms with E-state index in [9.17, 15) is 18.8 Å². The third-order valence-corrected chi connectivity index (χ3v) is 5.84. The molecule has 0 aromatic heterocycles. The summed E-state index contributed by atoms with van der Waals surface area (Å²) in [5, 5.41) is 5.11. The summed E-state index contributed by atoms with van der Waals surface area (Å²) in [4.78, 5) is 39.3. The summed E-state index contributed by atoms with van der Waals surface area (Å²) in [7, 11) is 0. The number of imide groups is 1. The van der Waals surface area contributed by atoms with E-state index in [-0.39, 0.29) is 21.3 Å². The fourth-order valence-corrected chi connectivity index (χ4v) is 3.78. The van der Waals surface area contributed by atoms with Crippen LogP contribution in [0.2, 0.25) is 5.02 Å². The Morgan fingerprint density at radius 1 is 0.941 bits per heavy atom. The Morgan fingerprint density at radius 3 is 2.35 bits per heavy atom. The van der Waals surface area contributed by atoms with Crippen molar-refractivity contribution >= 4 is 58.0 Å². The largest absolute Gasteiger partial charge is 0.350 e. The van der Waals surface area contributed by atoms with Crippen LogP contribution >= 0.6 is 23.2 Å². The Morgan fingerprint density at radius 2 is 1.68 bits per heavy atom. The lowest BCUT2D eigenvalue weighted by atomic mass is 10.1. The van der Waals surface area contributed by atoms with Crippen molar-refractivity contribution in [3.8, 4) is 0 Å². The Labute approximate surface area is 205 Å². The van der Waals surface area contributed by atoms with Crippen LogP contribution in [0, 0.1) is 5.82 Å². The number of carbonyl (C=O) groups is 3. The highest BCUT2D eigenvalue weighted by Crippen LogP contribution is 2.30. The van der Waals surface area contributed by atoms with Gasteiger partial charge in [0.15, 0.2) is 0 Å². The van der Waals surface area contributed by atoms with Crippen LogP contribution in [0.3, 0.4) is 0 Å². The maximum Gasteiger partial charge on any atom is 0.283 e. The molecule has 0 spiro atoms. The third kappa shape index (κ3) is 4.66. The van der Waals surface area contributed by atoms with Gasteiger partial charge in [-0.15, -0.1) is 0 Å². The van der Waals surface area contributed by atoms with E-state index < -0.39 is 23.5 Å². The molecule has 1 aliphatic heterocycles. The van der Waals surface area contributed by atoms with Gasteiger partial charge in [0, 0.05) is 16.9 Å². The number of hydrogen-bond acceptors (Lipinski definition) is 4. The third-order valence-electron chi connectivity index (χ3n) is 5.20. The normalized spacial score (nSPS) is 13.5. The van der Waals surface area contributed by atoms with Gasteiger partial charge in [0.1, 0.15) is 16.5 Å². The number of benzene rings is 3. The van der Waals surface area contributed by atoms with Gasteiger partial charge in [0.25, 0.3) is 17.7 Å². The standard InChI is InChI=1S/C25H18Cl2FN3O3/c1-2-14-6-9-18(10-7-14)31-24(33)21(27)22(25(31)34)29-16-5-3-4-15(12-16)23(32)30-17-8-11-20(28)19(26)13-17/h3-13,29H,2H2,1H3,(H,30,32). The van der Waals surface area contributed by atoms with Gasteiger partial charge in [0.05, 0.1) is 10.7 Å². The van der Waals surface area contributed by atoms with Crippen molar-refractivity contribution in [2.24, 2.45) is 0 Å². The van der Waals surface area contributed by atoms with E-state index in [2.05, 4.69) is 10.6 Å². The predicted octanol–water partition coefficient (Wildman–Crippen LogP) is 5.73. The summed E-state index contributed by atoms with van der Waals surface area (Å²) < 4.78 is 13.3. The predicted molar refractivity (Wildman–Crippen MR) is 131 cm³/mol. The van der Waals surface area contributed by atoms with Gasteiger partial charge in [-0.3, -0.25) is 14.4 Å². The second-order valence-corrected chi connectivity index (χ2v) is 8.23. The molecule has 0 fully saturated rings. The molecular weight excluding hydrogens is 480 g/mol. The molecular formula is C25H18Cl2FN3O3. The Bertz CT molecular complexity index is 1340. The van der Waals surface area contributed by atoms with Crippen LogP contribution in [-0.4, -0.2) is 17.7 Å². The zero-order chi connectivity index (χ0) is 24.4. The van der Waals surface area contributed by atoms with Crippen LogP contribution in [-0.2, 0) is 16.0 Å². The molecule has 172 valence electrons. The summed E-state index contributed by atoms with van der Waals surface area (Å²) in [5.41, 5.74) is 2.34. The van der Waals surface area contributed by atoms with Crippen molar-refractivity contribution in [2.75, 3.05) is 15.5 Å². The van der Waals surface area contributed by atoms with Crippen LogP contribution < -0.4 is 15.5 Å². The average Bonchev–Trinajstić information content (AvgIpc) is 3.04. The minimum atomic E-state index is -0.638. The first-order valence-corrected chi connectivity index (χ1v) is 11.0. The first-order valence-electron chi connectivity index (χ1n) is 10.3. The van der Waals surface area contributed by atoms with Crippen LogP contribution in [0.15, 0.2) is 77.5 Å². The first kappa shape index (κ1) is 23.5. The molecule has 1 heterocycles. The number of aryl methyl sites for hydroxylation is 1. The molecule has 0 unspecified atom stereocenters. The second-order valence-electron chi connectivity index (χ2n) is 7.44. The highest BCUT2D eigenvalue weighted by atomic mass is 35.5. The van der Waals surface area contributed by atoms with Crippen LogP contribution in [0.5, 0.6) is 0 Å². The Balaban J connectivity index is 1.52. The van der Waals surface area contributed by atoms with E-state index in [1.807, 2.05) is 19.1 Å². The van der Waals surface area contributed by atoms with Crippen molar-refractivity contribution in [1.29, 1.82) is 0 Å². The molecule has 0 bridgehead atoms. The second kappa shape index (κ2) is 9.67. The van der Waals surface area contributed by atoms with Crippen molar-refractivity contribution in [2.45, 2.75) is 13.3 Å². The quantitative estimate of drug-likeness (QED) is 0.426. The molecule has 0 saturated heterocycles. The number of carbonyl (C=O) groups excluding carboxylic acids is 3. The van der Waals surface area contributed by atoms with E-state index in [0.717, 1.165) is 23.0 Å². The van der Waals surface area contributed by atoms with Gasteiger partial charge in [-0.2, -0.15) is 0 Å². The maximum absolute atomic E-state index is 13.3. The summed E-state index contributed by atoms with van der Waals surface area (Å²) in [6.07, 6.45) is 0.825. The lowest BCUT2D eigenvalue weighted by Crippen LogP contribution is -2.32. The van der Waals surface area contributed by atoms with Crippen molar-refractivity contribution in [3.63, 3.8) is 0 Å². The van der Waals surface area contributed by atoms with Crippen LogP contribution in [0.25, 0.3) is 0 Å². The SMILES string of the molecule is CCc1ccc(N2C(=O)C(Cl)=C(Nc3cccc(C(=O)Nc4ccc(F)c(Cl)c4)c3)C2=O)cc1. The number of amides is 3. The first-order chi connectivity index (χ1) is 16.3.